The van der Waals surface area contributed by atoms with E-state index in [2.05, 4.69) is 20.8 Å². The number of ether oxygens (including phenoxy) is 1. The van der Waals surface area contributed by atoms with Gasteiger partial charge in [-0.1, -0.05) is 27.2 Å². The summed E-state index contributed by atoms with van der Waals surface area (Å²) in [5.41, 5.74) is 2.34. The van der Waals surface area contributed by atoms with E-state index in [9.17, 15) is 9.59 Å². The molecule has 0 radical (unpaired) electrons. The summed E-state index contributed by atoms with van der Waals surface area (Å²) in [6.45, 7) is 7.07. The van der Waals surface area contributed by atoms with Crippen molar-refractivity contribution < 1.29 is 14.3 Å². The van der Waals surface area contributed by atoms with Gasteiger partial charge in [0, 0.05) is 18.4 Å². The summed E-state index contributed by atoms with van der Waals surface area (Å²) in [6, 6.07) is 0. The Balaban J connectivity index is 1.86. The van der Waals surface area contributed by atoms with Gasteiger partial charge < -0.3 is 4.74 Å². The van der Waals surface area contributed by atoms with Gasteiger partial charge in [0.05, 0.1) is 0 Å². The van der Waals surface area contributed by atoms with Crippen LogP contribution in [0.2, 0.25) is 0 Å². The molecule has 4 atom stereocenters. The highest BCUT2D eigenvalue weighted by Crippen LogP contribution is 2.64. The van der Waals surface area contributed by atoms with E-state index in [1.165, 1.54) is 24.8 Å². The van der Waals surface area contributed by atoms with Gasteiger partial charge in [-0.05, 0) is 47.5 Å². The predicted molar refractivity (Wildman–Crippen MR) is 78.5 cm³/mol. The molecule has 0 N–H and O–H groups in total. The van der Waals surface area contributed by atoms with Crippen molar-refractivity contribution in [3.8, 4) is 0 Å². The van der Waals surface area contributed by atoms with Gasteiger partial charge in [-0.25, -0.2) is 4.79 Å². The standard InChI is InChI=1S/C18H24O3/c1-17(2)5-4-6-18(3)12-8-10(19)7-11-15(12)13(9-14(17)18)21-16(11)20/h12-14H,4-9H2,1-3H3/t12-,13-,14-,18+/m0/s1. The third-order valence-corrected chi connectivity index (χ3v) is 6.89. The van der Waals surface area contributed by atoms with Gasteiger partial charge in [-0.2, -0.15) is 0 Å². The summed E-state index contributed by atoms with van der Waals surface area (Å²) >= 11 is 0. The van der Waals surface area contributed by atoms with Crippen LogP contribution in [0, 0.1) is 22.7 Å². The lowest BCUT2D eigenvalue weighted by Gasteiger charge is -2.59. The number of fused-ring (bicyclic) bond motifs is 2. The zero-order valence-electron chi connectivity index (χ0n) is 13.2. The molecule has 21 heavy (non-hydrogen) atoms. The number of rotatable bonds is 0. The van der Waals surface area contributed by atoms with E-state index in [1.807, 2.05) is 0 Å². The molecule has 4 rings (SSSR count). The van der Waals surface area contributed by atoms with E-state index < -0.39 is 0 Å². The first-order valence-corrected chi connectivity index (χ1v) is 8.28. The second-order valence-corrected chi connectivity index (χ2v) is 8.44. The fraction of sp³-hybridized carbons (Fsp3) is 0.778. The lowest BCUT2D eigenvalue weighted by atomic mass is 9.45. The van der Waals surface area contributed by atoms with E-state index in [0.717, 1.165) is 6.42 Å². The summed E-state index contributed by atoms with van der Waals surface area (Å²) < 4.78 is 5.65. The number of carbonyl (C=O) groups is 2. The maximum Gasteiger partial charge on any atom is 0.335 e. The lowest BCUT2D eigenvalue weighted by Crippen LogP contribution is -2.53. The summed E-state index contributed by atoms with van der Waals surface area (Å²) in [7, 11) is 0. The second-order valence-electron chi connectivity index (χ2n) is 8.44. The number of esters is 1. The SMILES string of the molecule is CC1(C)CCC[C@]2(C)[C@H]3CC(=O)CC4=C3[C@H](C[C@@H]12)OC4=O. The first-order valence-electron chi connectivity index (χ1n) is 8.28. The molecule has 2 saturated carbocycles. The highest BCUT2D eigenvalue weighted by molar-refractivity contribution is 6.00. The first-order chi connectivity index (χ1) is 9.83. The number of Topliss-reactive ketones (excluding diaryl/α,β-unsaturated/α-hetero) is 1. The number of hydrogen-bond acceptors (Lipinski definition) is 3. The molecule has 0 aromatic heterocycles. The first kappa shape index (κ1) is 13.5. The molecule has 3 aliphatic carbocycles. The second kappa shape index (κ2) is 3.99. The van der Waals surface area contributed by atoms with Crippen LogP contribution in [0.3, 0.4) is 0 Å². The smallest absolute Gasteiger partial charge is 0.335 e. The zero-order valence-corrected chi connectivity index (χ0v) is 13.2. The molecule has 0 aromatic rings. The molecular weight excluding hydrogens is 264 g/mol. The molecule has 114 valence electrons. The van der Waals surface area contributed by atoms with Gasteiger partial charge in [0.1, 0.15) is 11.9 Å². The zero-order chi connectivity index (χ0) is 15.0. The van der Waals surface area contributed by atoms with Gasteiger partial charge in [-0.15, -0.1) is 0 Å². The molecule has 4 aliphatic rings. The van der Waals surface area contributed by atoms with Gasteiger partial charge in [0.25, 0.3) is 0 Å². The molecule has 2 fully saturated rings. The third-order valence-electron chi connectivity index (χ3n) is 6.89. The van der Waals surface area contributed by atoms with Crippen molar-refractivity contribution in [3.63, 3.8) is 0 Å². The van der Waals surface area contributed by atoms with Crippen LogP contribution < -0.4 is 0 Å². The number of ketones is 1. The Hall–Kier alpha value is -1.12. The quantitative estimate of drug-likeness (QED) is 0.641. The van der Waals surface area contributed by atoms with Crippen LogP contribution in [0.5, 0.6) is 0 Å². The fourth-order valence-electron chi connectivity index (χ4n) is 5.94. The van der Waals surface area contributed by atoms with Gasteiger partial charge in [-0.3, -0.25) is 4.79 Å². The lowest BCUT2D eigenvalue weighted by molar-refractivity contribution is -0.145. The van der Waals surface area contributed by atoms with Gasteiger partial charge >= 0.3 is 5.97 Å². The Morgan fingerprint density at radius 1 is 1.14 bits per heavy atom. The predicted octanol–water partition coefficient (Wildman–Crippen LogP) is 3.42. The van der Waals surface area contributed by atoms with Crippen LogP contribution in [0.15, 0.2) is 11.1 Å². The van der Waals surface area contributed by atoms with E-state index in [1.54, 1.807) is 0 Å². The minimum atomic E-state index is -0.215. The highest BCUT2D eigenvalue weighted by Gasteiger charge is 2.60. The summed E-state index contributed by atoms with van der Waals surface area (Å²) in [5.74, 6) is 0.786. The van der Waals surface area contributed by atoms with Gasteiger partial charge in [0.15, 0.2) is 0 Å². The topological polar surface area (TPSA) is 43.4 Å². The maximum absolute atomic E-state index is 12.2. The summed E-state index contributed by atoms with van der Waals surface area (Å²) in [5, 5.41) is 0. The van der Waals surface area contributed by atoms with E-state index in [0.29, 0.717) is 24.3 Å². The molecular formula is C18H24O3. The largest absolute Gasteiger partial charge is 0.454 e. The molecule has 3 heteroatoms. The molecule has 1 heterocycles. The van der Waals surface area contributed by atoms with Crippen molar-refractivity contribution in [2.75, 3.05) is 0 Å². The fourth-order valence-corrected chi connectivity index (χ4v) is 5.94. The Labute approximate surface area is 126 Å². The van der Waals surface area contributed by atoms with Crippen molar-refractivity contribution >= 4 is 11.8 Å². The highest BCUT2D eigenvalue weighted by atomic mass is 16.5. The Kier molecular flexibility index (Phi) is 2.57. The summed E-state index contributed by atoms with van der Waals surface area (Å²) in [4.78, 5) is 24.3. The van der Waals surface area contributed by atoms with Crippen molar-refractivity contribution in [2.24, 2.45) is 22.7 Å². The van der Waals surface area contributed by atoms with Crippen molar-refractivity contribution in [1.29, 1.82) is 0 Å². The van der Waals surface area contributed by atoms with Crippen LogP contribution in [0.25, 0.3) is 0 Å². The average molecular weight is 288 g/mol. The van der Waals surface area contributed by atoms with Crippen LogP contribution >= 0.6 is 0 Å². The normalized spacial score (nSPS) is 44.2. The molecule has 3 nitrogen and oxygen atoms in total. The Morgan fingerprint density at radius 2 is 1.90 bits per heavy atom. The Bertz CT molecular complexity index is 571. The van der Waals surface area contributed by atoms with Crippen LogP contribution in [0.1, 0.15) is 59.3 Å². The van der Waals surface area contributed by atoms with E-state index >= 15 is 0 Å². The molecule has 0 saturated heterocycles. The van der Waals surface area contributed by atoms with Gasteiger partial charge in [0.2, 0.25) is 0 Å². The monoisotopic (exact) mass is 288 g/mol. The molecule has 0 amide bonds. The van der Waals surface area contributed by atoms with Crippen molar-refractivity contribution in [3.05, 3.63) is 11.1 Å². The molecule has 0 spiro atoms. The third kappa shape index (κ3) is 1.66. The summed E-state index contributed by atoms with van der Waals surface area (Å²) in [6.07, 6.45) is 5.49. The van der Waals surface area contributed by atoms with E-state index in [-0.39, 0.29) is 34.6 Å². The molecule has 1 aliphatic heterocycles. The van der Waals surface area contributed by atoms with Crippen LogP contribution in [-0.2, 0) is 14.3 Å². The van der Waals surface area contributed by atoms with E-state index in [4.69, 9.17) is 4.74 Å². The van der Waals surface area contributed by atoms with Crippen LogP contribution in [0.4, 0.5) is 0 Å². The minimum absolute atomic E-state index is 0.0407. The Morgan fingerprint density at radius 3 is 2.67 bits per heavy atom. The number of hydrogen-bond donors (Lipinski definition) is 0. The molecule has 0 unspecified atom stereocenters. The minimum Gasteiger partial charge on any atom is -0.454 e. The maximum atomic E-state index is 12.2. The van der Waals surface area contributed by atoms with Crippen molar-refractivity contribution in [1.82, 2.24) is 0 Å². The molecule has 0 aromatic carbocycles. The molecule has 0 bridgehead atoms. The van der Waals surface area contributed by atoms with Crippen LogP contribution in [-0.4, -0.2) is 17.9 Å². The average Bonchev–Trinajstić information content (AvgIpc) is 2.69. The van der Waals surface area contributed by atoms with Crippen molar-refractivity contribution in [2.45, 2.75) is 65.4 Å². The number of carbonyl (C=O) groups excluding carboxylic acids is 2.